The normalized spacial score (nSPS) is 10.6. The van der Waals surface area contributed by atoms with Gasteiger partial charge in [0.1, 0.15) is 0 Å². The number of pyridine rings is 1. The van der Waals surface area contributed by atoms with Crippen LogP contribution >= 0.6 is 0 Å². The molecule has 0 bridgehead atoms. The summed E-state index contributed by atoms with van der Waals surface area (Å²) in [6.45, 7) is 0. The predicted octanol–water partition coefficient (Wildman–Crippen LogP) is 2.94. The van der Waals surface area contributed by atoms with E-state index in [0.29, 0.717) is 0 Å². The second kappa shape index (κ2) is 3.94. The van der Waals surface area contributed by atoms with Gasteiger partial charge in [-0.25, -0.2) is 0 Å². The summed E-state index contributed by atoms with van der Waals surface area (Å²) in [7, 11) is 2.04. The Morgan fingerprint density at radius 2 is 1.76 bits per heavy atom. The highest BCUT2D eigenvalue weighted by molar-refractivity contribution is 5.91. The van der Waals surface area contributed by atoms with Gasteiger partial charge in [-0.1, -0.05) is 18.2 Å². The number of benzene rings is 1. The molecule has 17 heavy (non-hydrogen) atoms. The van der Waals surface area contributed by atoms with Crippen LogP contribution in [0.4, 0.5) is 5.69 Å². The van der Waals surface area contributed by atoms with Crippen molar-refractivity contribution in [2.45, 2.75) is 0 Å². The zero-order valence-corrected chi connectivity index (χ0v) is 9.62. The molecule has 0 aliphatic rings. The minimum absolute atomic E-state index is 1.02. The molecule has 0 unspecified atom stereocenters. The quantitative estimate of drug-likeness (QED) is 0.666. The third-order valence-corrected chi connectivity index (χ3v) is 2.91. The van der Waals surface area contributed by atoms with Crippen LogP contribution in [0.3, 0.4) is 0 Å². The molecule has 3 nitrogen and oxygen atoms in total. The molecule has 2 heterocycles. The molecule has 0 aliphatic heterocycles. The number of fused-ring (bicyclic) bond motifs is 1. The Labute approximate surface area is 99.9 Å². The lowest BCUT2D eigenvalue weighted by Crippen LogP contribution is -2.22. The molecule has 0 amide bonds. The zero-order valence-electron chi connectivity index (χ0n) is 9.62. The van der Waals surface area contributed by atoms with Gasteiger partial charge in [-0.15, -0.1) is 0 Å². The molecule has 0 saturated heterocycles. The van der Waals surface area contributed by atoms with E-state index in [4.69, 9.17) is 0 Å². The predicted molar refractivity (Wildman–Crippen MR) is 70.0 cm³/mol. The Morgan fingerprint density at radius 3 is 2.59 bits per heavy atom. The molecule has 0 fully saturated rings. The van der Waals surface area contributed by atoms with E-state index in [1.54, 1.807) is 0 Å². The Hall–Kier alpha value is -2.29. The molecule has 0 atom stereocenters. The lowest BCUT2D eigenvalue weighted by atomic mass is 10.2. The van der Waals surface area contributed by atoms with Crippen molar-refractivity contribution >= 4 is 16.6 Å². The molecular weight excluding hydrogens is 210 g/mol. The van der Waals surface area contributed by atoms with E-state index in [1.165, 1.54) is 0 Å². The van der Waals surface area contributed by atoms with Crippen LogP contribution in [0, 0.1) is 0 Å². The van der Waals surface area contributed by atoms with Gasteiger partial charge in [0.2, 0.25) is 0 Å². The number of anilines is 1. The van der Waals surface area contributed by atoms with E-state index >= 15 is 0 Å². The van der Waals surface area contributed by atoms with Crippen molar-refractivity contribution in [1.29, 1.82) is 0 Å². The van der Waals surface area contributed by atoms with Gasteiger partial charge >= 0.3 is 0 Å². The maximum absolute atomic E-state index is 4.37. The average Bonchev–Trinajstić information content (AvgIpc) is 2.91. The summed E-state index contributed by atoms with van der Waals surface area (Å²) in [5.74, 6) is 0. The van der Waals surface area contributed by atoms with Crippen LogP contribution in [0.25, 0.3) is 10.9 Å². The Balaban J connectivity index is 2.17. The summed E-state index contributed by atoms with van der Waals surface area (Å²) < 4.78 is 2.04. The third kappa shape index (κ3) is 1.65. The van der Waals surface area contributed by atoms with Crippen LogP contribution in [0.2, 0.25) is 0 Å². The Bertz CT molecular complexity index is 624. The van der Waals surface area contributed by atoms with Gasteiger partial charge < -0.3 is 0 Å². The first-order valence-corrected chi connectivity index (χ1v) is 5.57. The molecule has 0 N–H and O–H groups in total. The van der Waals surface area contributed by atoms with Crippen molar-refractivity contribution in [3.8, 4) is 0 Å². The monoisotopic (exact) mass is 223 g/mol. The summed E-state index contributed by atoms with van der Waals surface area (Å²) in [5.41, 5.74) is 2.16. The number of nitrogens with zero attached hydrogens (tertiary/aromatic N) is 3. The summed E-state index contributed by atoms with van der Waals surface area (Å²) in [6, 6.07) is 14.2. The fraction of sp³-hybridized carbons (Fsp3) is 0.0714. The van der Waals surface area contributed by atoms with E-state index in [9.17, 15) is 0 Å². The summed E-state index contributed by atoms with van der Waals surface area (Å²) >= 11 is 0. The van der Waals surface area contributed by atoms with Gasteiger partial charge in [0.15, 0.2) is 0 Å². The van der Waals surface area contributed by atoms with Gasteiger partial charge in [0.25, 0.3) is 0 Å². The molecule has 0 spiro atoms. The number of hydrogen-bond acceptors (Lipinski definition) is 2. The third-order valence-electron chi connectivity index (χ3n) is 2.91. The van der Waals surface area contributed by atoms with Crippen LogP contribution in [0.5, 0.6) is 0 Å². The summed E-state index contributed by atoms with van der Waals surface area (Å²) in [6.07, 6.45) is 5.89. The minimum atomic E-state index is 1.02. The first-order valence-electron chi connectivity index (χ1n) is 5.57. The fourth-order valence-electron chi connectivity index (χ4n) is 2.01. The van der Waals surface area contributed by atoms with Gasteiger partial charge in [-0.3, -0.25) is 14.7 Å². The Kier molecular flexibility index (Phi) is 2.29. The first-order chi connectivity index (χ1) is 8.36. The van der Waals surface area contributed by atoms with E-state index in [1.807, 2.05) is 66.7 Å². The first kappa shape index (κ1) is 9.90. The number of aromatic nitrogens is 2. The van der Waals surface area contributed by atoms with E-state index in [2.05, 4.69) is 16.1 Å². The minimum Gasteiger partial charge on any atom is -0.284 e. The van der Waals surface area contributed by atoms with E-state index < -0.39 is 0 Å². The maximum Gasteiger partial charge on any atom is 0.0723 e. The smallest absolute Gasteiger partial charge is 0.0723 e. The van der Waals surface area contributed by atoms with Crippen LogP contribution in [-0.2, 0) is 0 Å². The zero-order chi connectivity index (χ0) is 11.7. The van der Waals surface area contributed by atoms with Gasteiger partial charge in [-0.05, 0) is 24.3 Å². The van der Waals surface area contributed by atoms with Crippen molar-refractivity contribution in [1.82, 2.24) is 9.66 Å². The van der Waals surface area contributed by atoms with Crippen molar-refractivity contribution in [2.75, 3.05) is 12.1 Å². The van der Waals surface area contributed by atoms with Gasteiger partial charge in [0, 0.05) is 31.0 Å². The molecule has 0 radical (unpaired) electrons. The molecule has 3 heteroatoms. The maximum atomic E-state index is 4.37. The highest BCUT2D eigenvalue weighted by atomic mass is 15.5. The SMILES string of the molecule is CN(c1ccnc2ccccc12)n1cccc1. The second-order valence-corrected chi connectivity index (χ2v) is 3.93. The Morgan fingerprint density at radius 1 is 1.00 bits per heavy atom. The van der Waals surface area contributed by atoms with Crippen molar-refractivity contribution in [2.24, 2.45) is 0 Å². The molecule has 1 aromatic carbocycles. The van der Waals surface area contributed by atoms with Crippen molar-refractivity contribution in [3.63, 3.8) is 0 Å². The lowest BCUT2D eigenvalue weighted by molar-refractivity contribution is 0.783. The molecular formula is C14H13N3. The van der Waals surface area contributed by atoms with Crippen LogP contribution in [-0.4, -0.2) is 16.7 Å². The number of rotatable bonds is 2. The second-order valence-electron chi connectivity index (χ2n) is 3.93. The average molecular weight is 223 g/mol. The van der Waals surface area contributed by atoms with Crippen molar-refractivity contribution in [3.05, 3.63) is 61.1 Å². The van der Waals surface area contributed by atoms with Crippen LogP contribution < -0.4 is 5.01 Å². The van der Waals surface area contributed by atoms with Gasteiger partial charge in [-0.2, -0.15) is 0 Å². The molecule has 84 valence electrons. The molecule has 3 aromatic rings. The van der Waals surface area contributed by atoms with Gasteiger partial charge in [0.05, 0.1) is 11.2 Å². The number of hydrogen-bond donors (Lipinski definition) is 0. The van der Waals surface area contributed by atoms with E-state index in [0.717, 1.165) is 16.6 Å². The lowest BCUT2D eigenvalue weighted by Gasteiger charge is -2.22. The fourth-order valence-corrected chi connectivity index (χ4v) is 2.01. The largest absolute Gasteiger partial charge is 0.284 e. The standard InChI is InChI=1S/C14H13N3/c1-16(17-10-4-5-11-17)14-8-9-15-13-7-3-2-6-12(13)14/h2-11H,1H3. The summed E-state index contributed by atoms with van der Waals surface area (Å²) in [4.78, 5) is 4.37. The van der Waals surface area contributed by atoms with E-state index in [-0.39, 0.29) is 0 Å². The van der Waals surface area contributed by atoms with Crippen LogP contribution in [0.15, 0.2) is 61.1 Å². The molecule has 0 saturated carbocycles. The highest BCUT2D eigenvalue weighted by Crippen LogP contribution is 2.24. The summed E-state index contributed by atoms with van der Waals surface area (Å²) in [5, 5.41) is 3.26. The topological polar surface area (TPSA) is 21.1 Å². The highest BCUT2D eigenvalue weighted by Gasteiger charge is 2.06. The molecule has 3 rings (SSSR count). The molecule has 2 aromatic heterocycles. The number of para-hydroxylation sites is 1. The van der Waals surface area contributed by atoms with Crippen molar-refractivity contribution < 1.29 is 0 Å². The van der Waals surface area contributed by atoms with Crippen LogP contribution in [0.1, 0.15) is 0 Å². The molecule has 0 aliphatic carbocycles.